The van der Waals surface area contributed by atoms with Crippen LogP contribution in [0, 0.1) is 0 Å². The highest BCUT2D eigenvalue weighted by Gasteiger charge is 2.41. The van der Waals surface area contributed by atoms with E-state index in [9.17, 15) is 18.0 Å². The van der Waals surface area contributed by atoms with E-state index in [1.165, 1.54) is 0 Å². The maximum Gasteiger partial charge on any atom is 0.406 e. The fraction of sp³-hybridized carbons (Fsp3) is 0.562. The van der Waals surface area contributed by atoms with Gasteiger partial charge < -0.3 is 14.4 Å². The molecule has 1 aromatic rings. The predicted octanol–water partition coefficient (Wildman–Crippen LogP) is 2.40. The minimum atomic E-state index is -4.37. The van der Waals surface area contributed by atoms with Gasteiger partial charge in [0.05, 0.1) is 6.04 Å². The Morgan fingerprint density at radius 2 is 2.12 bits per heavy atom. The number of fused-ring (bicyclic) bond motifs is 1. The summed E-state index contributed by atoms with van der Waals surface area (Å²) >= 11 is 0. The number of rotatable bonds is 5. The largest absolute Gasteiger partial charge is 0.454 e. The Hall–Kier alpha value is -1.96. The number of hydrogen-bond donors (Lipinski definition) is 0. The molecule has 0 aromatic heterocycles. The van der Waals surface area contributed by atoms with Crippen LogP contribution in [0.15, 0.2) is 18.2 Å². The van der Waals surface area contributed by atoms with Crippen molar-refractivity contribution < 1.29 is 27.4 Å². The van der Waals surface area contributed by atoms with Crippen molar-refractivity contribution in [3.05, 3.63) is 23.8 Å². The highest BCUT2D eigenvalue weighted by atomic mass is 19.4. The molecule has 24 heavy (non-hydrogen) atoms. The molecule has 1 saturated heterocycles. The highest BCUT2D eigenvalue weighted by Crippen LogP contribution is 2.36. The van der Waals surface area contributed by atoms with E-state index in [1.807, 2.05) is 24.0 Å². The van der Waals surface area contributed by atoms with Gasteiger partial charge in [0.25, 0.3) is 0 Å². The minimum absolute atomic E-state index is 0.131. The Morgan fingerprint density at radius 1 is 1.33 bits per heavy atom. The van der Waals surface area contributed by atoms with Crippen LogP contribution in [0.2, 0.25) is 0 Å². The molecule has 0 bridgehead atoms. The SMILES string of the molecule is CCN(Cc1cccc2c1OCO2)C1CCN(CC(F)(F)F)C1=O. The van der Waals surface area contributed by atoms with E-state index in [0.717, 1.165) is 10.5 Å². The Kier molecular flexibility index (Phi) is 4.58. The summed E-state index contributed by atoms with van der Waals surface area (Å²) in [5.74, 6) is 0.840. The Labute approximate surface area is 137 Å². The number of nitrogens with zero attached hydrogens (tertiary/aromatic N) is 2. The molecule has 2 aliphatic heterocycles. The van der Waals surface area contributed by atoms with E-state index >= 15 is 0 Å². The number of alkyl halides is 3. The first-order chi connectivity index (χ1) is 11.4. The summed E-state index contributed by atoms with van der Waals surface area (Å²) in [6.07, 6.45) is -3.97. The van der Waals surface area contributed by atoms with Crippen molar-refractivity contribution >= 4 is 5.91 Å². The maximum absolute atomic E-state index is 12.5. The number of ether oxygens (including phenoxy) is 2. The van der Waals surface area contributed by atoms with Crippen molar-refractivity contribution in [1.29, 1.82) is 0 Å². The van der Waals surface area contributed by atoms with E-state index in [0.29, 0.717) is 31.0 Å². The molecule has 3 rings (SSSR count). The number of amides is 1. The van der Waals surface area contributed by atoms with Gasteiger partial charge in [-0.15, -0.1) is 0 Å². The van der Waals surface area contributed by atoms with Gasteiger partial charge in [0.2, 0.25) is 12.7 Å². The van der Waals surface area contributed by atoms with Crippen molar-refractivity contribution in [3.63, 3.8) is 0 Å². The molecular weight excluding hydrogens is 325 g/mol. The lowest BCUT2D eigenvalue weighted by atomic mass is 10.1. The maximum atomic E-state index is 12.5. The molecule has 0 aliphatic carbocycles. The minimum Gasteiger partial charge on any atom is -0.454 e. The standard InChI is InChI=1S/C16H19F3N2O3/c1-2-20(8-11-4-3-5-13-14(11)24-10-23-13)12-6-7-21(15(12)22)9-16(17,18)19/h3-5,12H,2,6-10H2,1H3. The summed E-state index contributed by atoms with van der Waals surface area (Å²) in [6.45, 7) is 1.98. The van der Waals surface area contributed by atoms with Crippen molar-refractivity contribution in [2.24, 2.45) is 0 Å². The lowest BCUT2D eigenvalue weighted by Gasteiger charge is -2.27. The number of hydrogen-bond acceptors (Lipinski definition) is 4. The van der Waals surface area contributed by atoms with E-state index in [2.05, 4.69) is 0 Å². The van der Waals surface area contributed by atoms with Gasteiger partial charge in [-0.25, -0.2) is 0 Å². The molecule has 1 atom stereocenters. The molecule has 1 unspecified atom stereocenters. The zero-order valence-electron chi connectivity index (χ0n) is 13.3. The van der Waals surface area contributed by atoms with Crippen LogP contribution < -0.4 is 9.47 Å². The summed E-state index contributed by atoms with van der Waals surface area (Å²) in [5.41, 5.74) is 0.869. The van der Waals surface area contributed by atoms with Crippen molar-refractivity contribution in [2.75, 3.05) is 26.4 Å². The highest BCUT2D eigenvalue weighted by molar-refractivity contribution is 5.84. The fourth-order valence-corrected chi connectivity index (χ4v) is 3.21. The number of likely N-dealkylation sites (tertiary alicyclic amines) is 1. The summed E-state index contributed by atoms with van der Waals surface area (Å²) in [5, 5.41) is 0. The van der Waals surface area contributed by atoms with Gasteiger partial charge in [-0.05, 0) is 19.0 Å². The number of carbonyl (C=O) groups is 1. The average molecular weight is 344 g/mol. The Balaban J connectivity index is 1.71. The van der Waals surface area contributed by atoms with Crippen molar-refractivity contribution in [1.82, 2.24) is 9.80 Å². The molecule has 1 aromatic carbocycles. The first kappa shape index (κ1) is 16.9. The topological polar surface area (TPSA) is 42.0 Å². The lowest BCUT2D eigenvalue weighted by Crippen LogP contribution is -2.43. The number of likely N-dealkylation sites (N-methyl/N-ethyl adjacent to an activating group) is 1. The molecule has 8 heteroatoms. The van der Waals surface area contributed by atoms with Gasteiger partial charge in [0.15, 0.2) is 11.5 Å². The molecule has 2 heterocycles. The van der Waals surface area contributed by atoms with Crippen LogP contribution in [0.25, 0.3) is 0 Å². The molecule has 0 radical (unpaired) electrons. The molecule has 0 N–H and O–H groups in total. The van der Waals surface area contributed by atoms with Crippen LogP contribution in [-0.4, -0.2) is 54.4 Å². The van der Waals surface area contributed by atoms with Gasteiger partial charge in [-0.3, -0.25) is 9.69 Å². The first-order valence-electron chi connectivity index (χ1n) is 7.86. The molecule has 132 valence electrons. The van der Waals surface area contributed by atoms with Crippen LogP contribution in [0.4, 0.5) is 13.2 Å². The second-order valence-corrected chi connectivity index (χ2v) is 5.89. The molecule has 5 nitrogen and oxygen atoms in total. The quantitative estimate of drug-likeness (QED) is 0.823. The lowest BCUT2D eigenvalue weighted by molar-refractivity contribution is -0.159. The molecule has 1 amide bonds. The summed E-state index contributed by atoms with van der Waals surface area (Å²) < 4.78 is 48.4. The third-order valence-corrected chi connectivity index (χ3v) is 4.34. The molecule has 0 spiro atoms. The zero-order chi connectivity index (χ0) is 17.3. The van der Waals surface area contributed by atoms with Gasteiger partial charge in [0.1, 0.15) is 6.54 Å². The van der Waals surface area contributed by atoms with Gasteiger partial charge in [-0.1, -0.05) is 19.1 Å². The van der Waals surface area contributed by atoms with E-state index in [-0.39, 0.29) is 13.3 Å². The number of halogens is 3. The van der Waals surface area contributed by atoms with Crippen LogP contribution in [0.3, 0.4) is 0 Å². The fourth-order valence-electron chi connectivity index (χ4n) is 3.21. The third-order valence-electron chi connectivity index (χ3n) is 4.34. The molecule has 1 fully saturated rings. The Morgan fingerprint density at radius 3 is 2.83 bits per heavy atom. The predicted molar refractivity (Wildman–Crippen MR) is 79.7 cm³/mol. The molecular formula is C16H19F3N2O3. The van der Waals surface area contributed by atoms with Crippen molar-refractivity contribution in [3.8, 4) is 11.5 Å². The van der Waals surface area contributed by atoms with Crippen LogP contribution in [-0.2, 0) is 11.3 Å². The summed E-state index contributed by atoms with van der Waals surface area (Å²) in [6, 6.07) is 4.98. The van der Waals surface area contributed by atoms with Crippen LogP contribution in [0.5, 0.6) is 11.5 Å². The summed E-state index contributed by atoms with van der Waals surface area (Å²) in [4.78, 5) is 15.1. The van der Waals surface area contributed by atoms with E-state index < -0.39 is 24.7 Å². The normalized spacial score (nSPS) is 20.3. The van der Waals surface area contributed by atoms with E-state index in [4.69, 9.17) is 9.47 Å². The smallest absolute Gasteiger partial charge is 0.406 e. The van der Waals surface area contributed by atoms with Crippen LogP contribution >= 0.6 is 0 Å². The average Bonchev–Trinajstić information content (AvgIpc) is 3.12. The summed E-state index contributed by atoms with van der Waals surface area (Å²) in [7, 11) is 0. The van der Waals surface area contributed by atoms with Crippen LogP contribution in [0.1, 0.15) is 18.9 Å². The first-order valence-corrected chi connectivity index (χ1v) is 7.86. The Bertz CT molecular complexity index is 621. The molecule has 2 aliphatic rings. The number of para-hydroxylation sites is 1. The number of carbonyl (C=O) groups excluding carboxylic acids is 1. The second-order valence-electron chi connectivity index (χ2n) is 5.89. The van der Waals surface area contributed by atoms with Crippen molar-refractivity contribution in [2.45, 2.75) is 32.1 Å². The third kappa shape index (κ3) is 3.43. The second kappa shape index (κ2) is 6.51. The van der Waals surface area contributed by atoms with Gasteiger partial charge in [-0.2, -0.15) is 13.2 Å². The monoisotopic (exact) mass is 344 g/mol. The molecule has 0 saturated carbocycles. The van der Waals surface area contributed by atoms with Gasteiger partial charge in [0, 0.05) is 18.7 Å². The number of benzene rings is 1. The van der Waals surface area contributed by atoms with Gasteiger partial charge >= 0.3 is 6.18 Å². The zero-order valence-corrected chi connectivity index (χ0v) is 13.3. The van der Waals surface area contributed by atoms with E-state index in [1.54, 1.807) is 6.07 Å².